The largest absolute Gasteiger partial charge is 0.454 e. The van der Waals surface area contributed by atoms with Gasteiger partial charge in [-0.25, -0.2) is 0 Å². The van der Waals surface area contributed by atoms with Gasteiger partial charge in [0.25, 0.3) is 0 Å². The summed E-state index contributed by atoms with van der Waals surface area (Å²) < 4.78 is 15.9. The van der Waals surface area contributed by atoms with Gasteiger partial charge in [0.05, 0.1) is 0 Å². The van der Waals surface area contributed by atoms with E-state index in [0.29, 0.717) is 6.79 Å². The SMILES string of the molecule is CN=C(NCCCOC)NCC1(c2ccc3c(c2)OCO3)CC1.I. The summed E-state index contributed by atoms with van der Waals surface area (Å²) >= 11 is 0. The smallest absolute Gasteiger partial charge is 0.231 e. The number of hydrogen-bond acceptors (Lipinski definition) is 4. The monoisotopic (exact) mass is 447 g/mol. The summed E-state index contributed by atoms with van der Waals surface area (Å²) in [7, 11) is 3.51. The van der Waals surface area contributed by atoms with E-state index in [9.17, 15) is 0 Å². The second-order valence-electron chi connectivity index (χ2n) is 6.05. The number of halogens is 1. The number of nitrogens with one attached hydrogen (secondary N) is 2. The molecule has 134 valence electrons. The van der Waals surface area contributed by atoms with Crippen LogP contribution in [0.25, 0.3) is 0 Å². The number of ether oxygens (including phenoxy) is 3. The summed E-state index contributed by atoms with van der Waals surface area (Å²) in [4.78, 5) is 4.28. The van der Waals surface area contributed by atoms with Crippen molar-refractivity contribution in [3.63, 3.8) is 0 Å². The average molecular weight is 447 g/mol. The molecule has 0 saturated heterocycles. The van der Waals surface area contributed by atoms with Gasteiger partial charge in [-0.3, -0.25) is 4.99 Å². The molecular formula is C17H26IN3O3. The molecule has 0 radical (unpaired) electrons. The predicted octanol–water partition coefficient (Wildman–Crippen LogP) is 2.27. The minimum atomic E-state index is 0. The molecule has 1 aromatic rings. The van der Waals surface area contributed by atoms with Crippen LogP contribution in [-0.2, 0) is 10.2 Å². The van der Waals surface area contributed by atoms with Crippen LogP contribution in [0, 0.1) is 0 Å². The van der Waals surface area contributed by atoms with E-state index in [1.54, 1.807) is 14.2 Å². The highest BCUT2D eigenvalue weighted by Gasteiger charge is 2.44. The maximum atomic E-state index is 5.49. The Morgan fingerprint density at radius 2 is 2.04 bits per heavy atom. The van der Waals surface area contributed by atoms with Crippen molar-refractivity contribution in [1.82, 2.24) is 10.6 Å². The zero-order valence-corrected chi connectivity index (χ0v) is 16.6. The Balaban J connectivity index is 0.00000208. The van der Waals surface area contributed by atoms with Gasteiger partial charge in [0.15, 0.2) is 17.5 Å². The molecule has 1 aliphatic carbocycles. The van der Waals surface area contributed by atoms with Crippen molar-refractivity contribution < 1.29 is 14.2 Å². The van der Waals surface area contributed by atoms with Gasteiger partial charge in [-0.15, -0.1) is 24.0 Å². The Bertz CT molecular complexity index is 576. The Labute approximate surface area is 160 Å². The van der Waals surface area contributed by atoms with Crippen molar-refractivity contribution in [1.29, 1.82) is 0 Å². The van der Waals surface area contributed by atoms with Crippen molar-refractivity contribution in [2.75, 3.05) is 40.6 Å². The van der Waals surface area contributed by atoms with E-state index >= 15 is 0 Å². The normalized spacial score (nSPS) is 17.2. The number of guanidine groups is 1. The Morgan fingerprint density at radius 1 is 1.25 bits per heavy atom. The van der Waals surface area contributed by atoms with Gasteiger partial charge < -0.3 is 24.8 Å². The first-order chi connectivity index (χ1) is 11.3. The van der Waals surface area contributed by atoms with Crippen molar-refractivity contribution in [2.24, 2.45) is 4.99 Å². The molecule has 24 heavy (non-hydrogen) atoms. The maximum absolute atomic E-state index is 5.49. The standard InChI is InChI=1S/C17H25N3O3.HI/c1-18-16(19-8-3-9-21-2)20-11-17(6-7-17)13-4-5-14-15(10-13)23-12-22-14;/h4-5,10H,3,6-9,11-12H2,1-2H3,(H2,18,19,20);1H. The van der Waals surface area contributed by atoms with E-state index in [1.165, 1.54) is 18.4 Å². The minimum absolute atomic E-state index is 0. The van der Waals surface area contributed by atoms with Crippen molar-refractivity contribution in [3.8, 4) is 11.5 Å². The van der Waals surface area contributed by atoms with Gasteiger partial charge in [0.2, 0.25) is 6.79 Å². The molecule has 6 nitrogen and oxygen atoms in total. The Kier molecular flexibility index (Phi) is 6.97. The molecule has 2 N–H and O–H groups in total. The van der Waals surface area contributed by atoms with Crippen LogP contribution >= 0.6 is 24.0 Å². The number of methoxy groups -OCH3 is 1. The first kappa shape index (κ1) is 19.1. The summed E-state index contributed by atoms with van der Waals surface area (Å²) in [5.74, 6) is 2.54. The van der Waals surface area contributed by atoms with E-state index in [2.05, 4.69) is 27.8 Å². The van der Waals surface area contributed by atoms with Crippen LogP contribution in [0.3, 0.4) is 0 Å². The molecule has 0 bridgehead atoms. The van der Waals surface area contributed by atoms with Crippen molar-refractivity contribution >= 4 is 29.9 Å². The molecule has 1 heterocycles. The number of aliphatic imine (C=N–C) groups is 1. The van der Waals surface area contributed by atoms with Crippen LogP contribution in [0.2, 0.25) is 0 Å². The van der Waals surface area contributed by atoms with E-state index < -0.39 is 0 Å². The van der Waals surface area contributed by atoms with Gasteiger partial charge in [-0.05, 0) is 37.0 Å². The van der Waals surface area contributed by atoms with Gasteiger partial charge in [0.1, 0.15) is 0 Å². The lowest BCUT2D eigenvalue weighted by molar-refractivity contribution is 0.174. The summed E-state index contributed by atoms with van der Waals surface area (Å²) in [6.07, 6.45) is 3.32. The van der Waals surface area contributed by atoms with Crippen LogP contribution in [-0.4, -0.2) is 46.6 Å². The van der Waals surface area contributed by atoms with Crippen molar-refractivity contribution in [2.45, 2.75) is 24.7 Å². The van der Waals surface area contributed by atoms with Crippen LogP contribution in [0.4, 0.5) is 0 Å². The topological polar surface area (TPSA) is 64.1 Å². The third kappa shape index (κ3) is 4.44. The predicted molar refractivity (Wildman–Crippen MR) is 105 cm³/mol. The molecule has 0 spiro atoms. The van der Waals surface area contributed by atoms with Crippen LogP contribution in [0.15, 0.2) is 23.2 Å². The highest BCUT2D eigenvalue weighted by atomic mass is 127. The number of rotatable bonds is 7. The van der Waals surface area contributed by atoms with Crippen LogP contribution in [0.1, 0.15) is 24.8 Å². The number of benzene rings is 1. The molecule has 3 rings (SSSR count). The summed E-state index contributed by atoms with van der Waals surface area (Å²) in [5, 5.41) is 6.75. The lowest BCUT2D eigenvalue weighted by Crippen LogP contribution is -2.41. The van der Waals surface area contributed by atoms with E-state index in [4.69, 9.17) is 14.2 Å². The lowest BCUT2D eigenvalue weighted by Gasteiger charge is -2.19. The second-order valence-corrected chi connectivity index (χ2v) is 6.05. The molecule has 7 heteroatoms. The molecule has 1 aliphatic heterocycles. The first-order valence-corrected chi connectivity index (χ1v) is 8.11. The maximum Gasteiger partial charge on any atom is 0.231 e. The molecule has 1 fully saturated rings. The fourth-order valence-electron chi connectivity index (χ4n) is 2.84. The van der Waals surface area contributed by atoms with Gasteiger partial charge in [-0.1, -0.05) is 6.07 Å². The summed E-state index contributed by atoms with van der Waals surface area (Å²) in [6, 6.07) is 6.28. The number of hydrogen-bond donors (Lipinski definition) is 2. The highest BCUT2D eigenvalue weighted by molar-refractivity contribution is 14.0. The Hall–Kier alpha value is -1.22. The van der Waals surface area contributed by atoms with Gasteiger partial charge in [-0.2, -0.15) is 0 Å². The Morgan fingerprint density at radius 3 is 2.75 bits per heavy atom. The highest BCUT2D eigenvalue weighted by Crippen LogP contribution is 2.49. The third-order valence-corrected chi connectivity index (χ3v) is 4.47. The molecule has 0 aromatic heterocycles. The quantitative estimate of drug-likeness (QED) is 0.291. The molecule has 1 saturated carbocycles. The third-order valence-electron chi connectivity index (χ3n) is 4.47. The molecule has 2 aliphatic rings. The van der Waals surface area contributed by atoms with Crippen molar-refractivity contribution in [3.05, 3.63) is 23.8 Å². The van der Waals surface area contributed by atoms with E-state index in [-0.39, 0.29) is 29.4 Å². The summed E-state index contributed by atoms with van der Waals surface area (Å²) in [5.41, 5.74) is 1.49. The molecule has 0 unspecified atom stereocenters. The molecule has 1 aromatic carbocycles. The van der Waals surface area contributed by atoms with Crippen LogP contribution < -0.4 is 20.1 Å². The second kappa shape index (κ2) is 8.75. The van der Waals surface area contributed by atoms with E-state index in [0.717, 1.165) is 43.6 Å². The van der Waals surface area contributed by atoms with Crippen LogP contribution in [0.5, 0.6) is 11.5 Å². The molecular weight excluding hydrogens is 421 g/mol. The minimum Gasteiger partial charge on any atom is -0.454 e. The average Bonchev–Trinajstić information content (AvgIpc) is 3.22. The molecule has 0 atom stereocenters. The summed E-state index contributed by atoms with van der Waals surface area (Å²) in [6.45, 7) is 2.80. The fourth-order valence-corrected chi connectivity index (χ4v) is 2.84. The molecule has 0 amide bonds. The number of fused-ring (bicyclic) bond motifs is 1. The zero-order chi connectivity index (χ0) is 16.1. The zero-order valence-electron chi connectivity index (χ0n) is 14.3. The number of nitrogens with zero attached hydrogens (tertiary/aromatic N) is 1. The lowest BCUT2D eigenvalue weighted by atomic mass is 9.95. The van der Waals surface area contributed by atoms with Gasteiger partial charge in [0, 0.05) is 39.3 Å². The van der Waals surface area contributed by atoms with Gasteiger partial charge >= 0.3 is 0 Å². The van der Waals surface area contributed by atoms with E-state index in [1.807, 2.05) is 6.07 Å². The fraction of sp³-hybridized carbons (Fsp3) is 0.588. The first-order valence-electron chi connectivity index (χ1n) is 8.11.